The maximum absolute atomic E-state index is 12.6. The molecule has 4 saturated carbocycles. The van der Waals surface area contributed by atoms with Crippen molar-refractivity contribution in [1.29, 1.82) is 0 Å². The van der Waals surface area contributed by atoms with Gasteiger partial charge in [0.25, 0.3) is 0 Å². The second-order valence-corrected chi connectivity index (χ2v) is 16.7. The zero-order valence-corrected chi connectivity index (χ0v) is 27.1. The van der Waals surface area contributed by atoms with E-state index < -0.39 is 28.7 Å². The van der Waals surface area contributed by atoms with Crippen LogP contribution in [0.5, 0.6) is 0 Å². The van der Waals surface area contributed by atoms with Crippen molar-refractivity contribution in [2.75, 3.05) is 7.11 Å². The Kier molecular flexibility index (Phi) is 7.36. The molecule has 0 spiro atoms. The van der Waals surface area contributed by atoms with Crippen LogP contribution in [-0.2, 0) is 23.8 Å². The Hall–Kier alpha value is -1.18. The van der Waals surface area contributed by atoms with Crippen molar-refractivity contribution in [3.05, 3.63) is 0 Å². The summed E-state index contributed by atoms with van der Waals surface area (Å²) in [6.07, 6.45) is 8.49. The van der Waals surface area contributed by atoms with E-state index in [9.17, 15) is 19.8 Å². The predicted molar refractivity (Wildman–Crippen MR) is 156 cm³/mol. The summed E-state index contributed by atoms with van der Waals surface area (Å²) in [6, 6.07) is 0. The molecular weight excluding hydrogens is 520 g/mol. The van der Waals surface area contributed by atoms with Gasteiger partial charge < -0.3 is 24.4 Å². The van der Waals surface area contributed by atoms with Crippen LogP contribution in [0, 0.1) is 39.4 Å². The van der Waals surface area contributed by atoms with Crippen molar-refractivity contribution in [1.82, 2.24) is 0 Å². The highest BCUT2D eigenvalue weighted by Crippen LogP contribution is 2.76. The standard InChI is InChI=1S/C34H56O7/c1-28(2)21-12-16-31(6)22(30(21,5)15-13-24(28)40-27(36)20-26(35)39-9)10-11-23-32(31,7)18-19-34(23,38)33(8)17-14-25(41-33)29(3,4)37/h21-25,37-38H,10-20H2,1-9H3/t21-,22+,23-,24+,25+,30-,31+,32+,33-,34+/m0/s1. The number of carbonyl (C=O) groups excluding carboxylic acids is 2. The summed E-state index contributed by atoms with van der Waals surface area (Å²) in [5.41, 5.74) is -2.50. The maximum Gasteiger partial charge on any atom is 0.317 e. The first-order valence-corrected chi connectivity index (χ1v) is 16.2. The van der Waals surface area contributed by atoms with E-state index in [4.69, 9.17) is 9.47 Å². The van der Waals surface area contributed by atoms with Gasteiger partial charge in [-0.25, -0.2) is 0 Å². The van der Waals surface area contributed by atoms with E-state index in [0.29, 0.717) is 11.8 Å². The highest BCUT2D eigenvalue weighted by Gasteiger charge is 2.74. The smallest absolute Gasteiger partial charge is 0.317 e. The molecule has 10 atom stereocenters. The molecule has 5 rings (SSSR count). The van der Waals surface area contributed by atoms with Gasteiger partial charge in [-0.1, -0.05) is 34.6 Å². The van der Waals surface area contributed by atoms with E-state index in [-0.39, 0.29) is 46.2 Å². The number of fused-ring (bicyclic) bond motifs is 5. The summed E-state index contributed by atoms with van der Waals surface area (Å²) in [5, 5.41) is 23.3. The first-order valence-electron chi connectivity index (χ1n) is 16.2. The largest absolute Gasteiger partial charge is 0.469 e. The number of hydrogen-bond donors (Lipinski definition) is 2. The molecule has 7 nitrogen and oxygen atoms in total. The summed E-state index contributed by atoms with van der Waals surface area (Å²) in [6.45, 7) is 17.7. The van der Waals surface area contributed by atoms with Gasteiger partial charge in [0.15, 0.2) is 0 Å². The number of aliphatic hydroxyl groups is 2. The molecule has 0 unspecified atom stereocenters. The van der Waals surface area contributed by atoms with E-state index in [2.05, 4.69) is 46.3 Å². The third-order valence-electron chi connectivity index (χ3n) is 14.2. The fourth-order valence-electron chi connectivity index (χ4n) is 11.6. The molecule has 0 radical (unpaired) electrons. The molecule has 0 aromatic carbocycles. The first-order chi connectivity index (χ1) is 18.8. The number of methoxy groups -OCH3 is 1. The number of carbonyl (C=O) groups is 2. The molecule has 0 aromatic heterocycles. The van der Waals surface area contributed by atoms with Crippen molar-refractivity contribution < 1.29 is 34.0 Å². The summed E-state index contributed by atoms with van der Waals surface area (Å²) < 4.78 is 17.2. The molecule has 1 saturated heterocycles. The normalized spacial score (nSPS) is 49.0. The monoisotopic (exact) mass is 576 g/mol. The van der Waals surface area contributed by atoms with E-state index in [0.717, 1.165) is 64.2 Å². The van der Waals surface area contributed by atoms with Gasteiger partial charge in [-0.3, -0.25) is 9.59 Å². The lowest BCUT2D eigenvalue weighted by Crippen LogP contribution is -2.66. The lowest BCUT2D eigenvalue weighted by atomic mass is 9.35. The molecule has 5 aliphatic rings. The zero-order valence-electron chi connectivity index (χ0n) is 27.1. The molecule has 0 bridgehead atoms. The van der Waals surface area contributed by atoms with Gasteiger partial charge in [0.05, 0.1) is 30.0 Å². The summed E-state index contributed by atoms with van der Waals surface area (Å²) in [7, 11) is 1.29. The molecule has 2 N–H and O–H groups in total. The molecule has 7 heteroatoms. The molecule has 1 heterocycles. The van der Waals surface area contributed by atoms with Crippen LogP contribution in [0.1, 0.15) is 126 Å². The minimum Gasteiger partial charge on any atom is -0.469 e. The quantitative estimate of drug-likeness (QED) is 0.307. The third kappa shape index (κ3) is 4.36. The highest BCUT2D eigenvalue weighted by atomic mass is 16.6. The Morgan fingerprint density at radius 2 is 1.44 bits per heavy atom. The molecular formula is C34H56O7. The molecule has 4 aliphatic carbocycles. The molecule has 0 amide bonds. The number of hydrogen-bond acceptors (Lipinski definition) is 7. The fourth-order valence-corrected chi connectivity index (χ4v) is 11.6. The van der Waals surface area contributed by atoms with Crippen molar-refractivity contribution >= 4 is 11.9 Å². The first kappa shape index (κ1) is 31.3. The number of rotatable bonds is 5. The lowest BCUT2D eigenvalue weighted by molar-refractivity contribution is -0.255. The summed E-state index contributed by atoms with van der Waals surface area (Å²) in [5.74, 6) is 0.0273. The molecule has 41 heavy (non-hydrogen) atoms. The van der Waals surface area contributed by atoms with Gasteiger partial charge in [-0.05, 0) is 119 Å². The summed E-state index contributed by atoms with van der Waals surface area (Å²) >= 11 is 0. The van der Waals surface area contributed by atoms with Gasteiger partial charge in [0.1, 0.15) is 12.5 Å². The predicted octanol–water partition coefficient (Wildman–Crippen LogP) is 5.97. The van der Waals surface area contributed by atoms with E-state index in [1.165, 1.54) is 7.11 Å². The third-order valence-corrected chi connectivity index (χ3v) is 14.2. The van der Waals surface area contributed by atoms with Crippen LogP contribution in [0.25, 0.3) is 0 Å². The van der Waals surface area contributed by atoms with Crippen LogP contribution in [-0.4, -0.2) is 58.3 Å². The van der Waals surface area contributed by atoms with Gasteiger partial charge in [0.2, 0.25) is 0 Å². The highest BCUT2D eigenvalue weighted by molar-refractivity contribution is 5.91. The summed E-state index contributed by atoms with van der Waals surface area (Å²) in [4.78, 5) is 24.2. The zero-order chi connectivity index (χ0) is 30.4. The average molecular weight is 577 g/mol. The van der Waals surface area contributed by atoms with Crippen LogP contribution < -0.4 is 0 Å². The maximum atomic E-state index is 12.6. The van der Waals surface area contributed by atoms with Crippen molar-refractivity contribution in [3.63, 3.8) is 0 Å². The second-order valence-electron chi connectivity index (χ2n) is 16.7. The Morgan fingerprint density at radius 1 is 0.805 bits per heavy atom. The minimum atomic E-state index is -0.925. The van der Waals surface area contributed by atoms with Gasteiger partial charge >= 0.3 is 11.9 Å². The Morgan fingerprint density at radius 3 is 2.05 bits per heavy atom. The van der Waals surface area contributed by atoms with Gasteiger partial charge in [-0.2, -0.15) is 0 Å². The number of esters is 2. The van der Waals surface area contributed by atoms with Crippen LogP contribution in [0.3, 0.4) is 0 Å². The van der Waals surface area contributed by atoms with Crippen LogP contribution in [0.2, 0.25) is 0 Å². The SMILES string of the molecule is COC(=O)CC(=O)O[C@@H]1CC[C@]2(C)[C@H]3CC[C@@H]4[C@@](O)([C@]5(C)CC[C@H](C(C)(C)O)O5)CC[C@@]4(C)[C@]3(C)CC[C@H]2C1(C)C. The Labute approximate surface area is 247 Å². The Balaban J connectivity index is 1.39. The van der Waals surface area contributed by atoms with Crippen molar-refractivity contribution in [3.8, 4) is 0 Å². The van der Waals surface area contributed by atoms with Gasteiger partial charge in [-0.15, -0.1) is 0 Å². The molecule has 1 aliphatic heterocycles. The van der Waals surface area contributed by atoms with Crippen LogP contribution in [0.4, 0.5) is 0 Å². The van der Waals surface area contributed by atoms with Gasteiger partial charge in [0, 0.05) is 5.41 Å². The molecule has 234 valence electrons. The molecule has 0 aromatic rings. The molecule has 5 fully saturated rings. The lowest BCUT2D eigenvalue weighted by Gasteiger charge is -2.70. The Bertz CT molecular complexity index is 1060. The fraction of sp³-hybridized carbons (Fsp3) is 0.941. The van der Waals surface area contributed by atoms with Crippen LogP contribution in [0.15, 0.2) is 0 Å². The second kappa shape index (κ2) is 9.66. The van der Waals surface area contributed by atoms with Crippen LogP contribution >= 0.6 is 0 Å². The van der Waals surface area contributed by atoms with E-state index in [1.807, 2.05) is 13.8 Å². The average Bonchev–Trinajstić information content (AvgIpc) is 3.42. The topological polar surface area (TPSA) is 102 Å². The van der Waals surface area contributed by atoms with Crippen molar-refractivity contribution in [2.24, 2.45) is 39.4 Å². The van der Waals surface area contributed by atoms with Crippen molar-refractivity contribution in [2.45, 2.75) is 155 Å². The van der Waals surface area contributed by atoms with E-state index in [1.54, 1.807) is 0 Å². The minimum absolute atomic E-state index is 0.00813. The van der Waals surface area contributed by atoms with E-state index >= 15 is 0 Å². The number of ether oxygens (including phenoxy) is 3.